The van der Waals surface area contributed by atoms with Crippen LogP contribution in [0.1, 0.15) is 39.6 Å². The van der Waals surface area contributed by atoms with Crippen molar-refractivity contribution in [1.82, 2.24) is 15.0 Å². The smallest absolute Gasteiger partial charge is 0.267 e. The molecule has 30 heavy (non-hydrogen) atoms. The molecule has 0 aliphatic carbocycles. The van der Waals surface area contributed by atoms with Crippen LogP contribution in [-0.4, -0.2) is 33.3 Å². The highest BCUT2D eigenvalue weighted by atomic mass is 32.1. The van der Waals surface area contributed by atoms with Crippen LogP contribution >= 0.6 is 11.3 Å². The Morgan fingerprint density at radius 1 is 0.967 bits per heavy atom. The van der Waals surface area contributed by atoms with Crippen molar-refractivity contribution in [3.63, 3.8) is 0 Å². The molecule has 1 aromatic carbocycles. The number of thiazole rings is 1. The predicted molar refractivity (Wildman–Crippen MR) is 119 cm³/mol. The topological polar surface area (TPSA) is 109 Å². The molecule has 0 spiro atoms. The Balaban J connectivity index is 1.47. The summed E-state index contributed by atoms with van der Waals surface area (Å²) in [5, 5.41) is 9.14. The van der Waals surface area contributed by atoms with Gasteiger partial charge in [0.15, 0.2) is 5.13 Å². The van der Waals surface area contributed by atoms with E-state index >= 15 is 0 Å². The molecule has 0 saturated carbocycles. The maximum atomic E-state index is 12.5. The fourth-order valence-corrected chi connectivity index (χ4v) is 3.68. The van der Waals surface area contributed by atoms with Crippen LogP contribution in [0.15, 0.2) is 36.4 Å². The molecule has 0 atom stereocenters. The van der Waals surface area contributed by atoms with Gasteiger partial charge in [-0.05, 0) is 45.4 Å². The number of hydrogen-bond acceptors (Lipinski definition) is 7. The minimum Gasteiger partial charge on any atom is -0.354 e. The van der Waals surface area contributed by atoms with E-state index < -0.39 is 0 Å². The van der Waals surface area contributed by atoms with Gasteiger partial charge in [-0.3, -0.25) is 9.59 Å². The van der Waals surface area contributed by atoms with Crippen molar-refractivity contribution >= 4 is 39.9 Å². The predicted octanol–water partition coefficient (Wildman–Crippen LogP) is 3.94. The molecular formula is C21H24N6O2S. The van der Waals surface area contributed by atoms with Crippen molar-refractivity contribution in [3.05, 3.63) is 58.4 Å². The first kappa shape index (κ1) is 21.4. The van der Waals surface area contributed by atoms with Crippen LogP contribution in [0.5, 0.6) is 0 Å². The molecule has 8 nitrogen and oxygen atoms in total. The zero-order valence-electron chi connectivity index (χ0n) is 17.2. The van der Waals surface area contributed by atoms with E-state index in [0.717, 1.165) is 22.7 Å². The highest BCUT2D eigenvalue weighted by Crippen LogP contribution is 2.24. The maximum absolute atomic E-state index is 12.5. The summed E-state index contributed by atoms with van der Waals surface area (Å²) in [4.78, 5) is 38.1. The van der Waals surface area contributed by atoms with Crippen LogP contribution in [0.25, 0.3) is 0 Å². The SMILES string of the molecule is Cc1cc(C)nc(NCCCC(=O)Nc2nc(C)c(C(=O)Nc3ccccc3)s2)n1. The molecule has 0 unspecified atom stereocenters. The van der Waals surface area contributed by atoms with Crippen molar-refractivity contribution in [2.24, 2.45) is 0 Å². The van der Waals surface area contributed by atoms with E-state index in [9.17, 15) is 9.59 Å². The van der Waals surface area contributed by atoms with Crippen LogP contribution in [0.2, 0.25) is 0 Å². The minimum absolute atomic E-state index is 0.151. The Morgan fingerprint density at radius 3 is 2.37 bits per heavy atom. The van der Waals surface area contributed by atoms with Gasteiger partial charge in [-0.2, -0.15) is 0 Å². The molecule has 156 valence electrons. The largest absolute Gasteiger partial charge is 0.354 e. The van der Waals surface area contributed by atoms with Crippen LogP contribution in [-0.2, 0) is 4.79 Å². The molecule has 2 aromatic heterocycles. The first-order chi connectivity index (χ1) is 14.4. The second-order valence-electron chi connectivity index (χ2n) is 6.81. The Bertz CT molecular complexity index is 1010. The molecule has 0 radical (unpaired) electrons. The van der Waals surface area contributed by atoms with Crippen LogP contribution in [0, 0.1) is 20.8 Å². The molecule has 0 aliphatic rings. The quantitative estimate of drug-likeness (QED) is 0.473. The molecule has 3 aromatic rings. The van der Waals surface area contributed by atoms with E-state index in [1.54, 1.807) is 6.92 Å². The number of carbonyl (C=O) groups is 2. The standard InChI is InChI=1S/C21H24N6O2S/c1-13-12-14(2)24-20(23-13)22-11-7-10-17(28)27-21-25-15(3)18(30-21)19(29)26-16-8-5-4-6-9-16/h4-6,8-9,12H,7,10-11H2,1-3H3,(H,26,29)(H,22,23,24)(H,25,27,28). The van der Waals surface area contributed by atoms with Gasteiger partial charge >= 0.3 is 0 Å². The van der Waals surface area contributed by atoms with E-state index in [1.807, 2.05) is 50.2 Å². The molecule has 2 heterocycles. The summed E-state index contributed by atoms with van der Waals surface area (Å²) < 4.78 is 0. The fourth-order valence-electron chi connectivity index (χ4n) is 2.81. The summed E-state index contributed by atoms with van der Waals surface area (Å²) in [5.74, 6) is 0.175. The highest BCUT2D eigenvalue weighted by molar-refractivity contribution is 7.17. The first-order valence-electron chi connectivity index (χ1n) is 9.60. The van der Waals surface area contributed by atoms with Gasteiger partial charge in [-0.15, -0.1) is 0 Å². The number of nitrogens with zero attached hydrogens (tertiary/aromatic N) is 3. The highest BCUT2D eigenvalue weighted by Gasteiger charge is 2.16. The second-order valence-corrected chi connectivity index (χ2v) is 7.81. The number of aryl methyl sites for hydroxylation is 3. The lowest BCUT2D eigenvalue weighted by Gasteiger charge is -2.06. The molecule has 3 rings (SSSR count). The van der Waals surface area contributed by atoms with E-state index in [-0.39, 0.29) is 11.8 Å². The molecule has 0 bridgehead atoms. The summed E-state index contributed by atoms with van der Waals surface area (Å²) in [7, 11) is 0. The third-order valence-electron chi connectivity index (χ3n) is 4.13. The van der Waals surface area contributed by atoms with Crippen LogP contribution in [0.3, 0.4) is 0 Å². The summed E-state index contributed by atoms with van der Waals surface area (Å²) >= 11 is 1.16. The molecule has 9 heteroatoms. The summed E-state index contributed by atoms with van der Waals surface area (Å²) in [6.07, 6.45) is 0.940. The number of para-hydroxylation sites is 1. The van der Waals surface area contributed by atoms with Gasteiger partial charge in [0.1, 0.15) is 4.88 Å². The average Bonchev–Trinajstić information content (AvgIpc) is 3.05. The number of anilines is 3. The molecule has 0 saturated heterocycles. The summed E-state index contributed by atoms with van der Waals surface area (Å²) in [6.45, 7) is 6.16. The van der Waals surface area contributed by atoms with Crippen molar-refractivity contribution in [3.8, 4) is 0 Å². The van der Waals surface area contributed by atoms with E-state index in [2.05, 4.69) is 30.9 Å². The Morgan fingerprint density at radius 2 is 1.67 bits per heavy atom. The summed E-state index contributed by atoms with van der Waals surface area (Å²) in [5.41, 5.74) is 3.08. The van der Waals surface area contributed by atoms with Crippen molar-refractivity contribution in [1.29, 1.82) is 0 Å². The molecular weight excluding hydrogens is 400 g/mol. The van der Waals surface area contributed by atoms with Gasteiger partial charge in [0.05, 0.1) is 5.69 Å². The van der Waals surface area contributed by atoms with Gasteiger partial charge in [0, 0.05) is 30.0 Å². The van der Waals surface area contributed by atoms with Crippen molar-refractivity contribution < 1.29 is 9.59 Å². The van der Waals surface area contributed by atoms with Crippen molar-refractivity contribution in [2.75, 3.05) is 22.5 Å². The van der Waals surface area contributed by atoms with Crippen molar-refractivity contribution in [2.45, 2.75) is 33.6 Å². The Labute approximate surface area is 179 Å². The number of carbonyl (C=O) groups excluding carboxylic acids is 2. The normalized spacial score (nSPS) is 10.5. The van der Waals surface area contributed by atoms with Gasteiger partial charge in [-0.25, -0.2) is 15.0 Å². The average molecular weight is 425 g/mol. The molecule has 3 N–H and O–H groups in total. The Hall–Kier alpha value is -3.33. The number of aromatic nitrogens is 3. The Kier molecular flexibility index (Phi) is 7.08. The van der Waals surface area contributed by atoms with Crippen LogP contribution < -0.4 is 16.0 Å². The first-order valence-corrected chi connectivity index (χ1v) is 10.4. The molecule has 2 amide bonds. The monoisotopic (exact) mass is 424 g/mol. The number of amides is 2. The zero-order valence-corrected chi connectivity index (χ0v) is 18.0. The zero-order chi connectivity index (χ0) is 21.5. The van der Waals surface area contributed by atoms with Gasteiger partial charge in [0.2, 0.25) is 11.9 Å². The van der Waals surface area contributed by atoms with Gasteiger partial charge in [0.25, 0.3) is 5.91 Å². The second kappa shape index (κ2) is 9.93. The van der Waals surface area contributed by atoms with Gasteiger partial charge in [-0.1, -0.05) is 29.5 Å². The van der Waals surface area contributed by atoms with E-state index in [0.29, 0.717) is 46.7 Å². The lowest BCUT2D eigenvalue weighted by atomic mass is 10.3. The van der Waals surface area contributed by atoms with Crippen LogP contribution in [0.4, 0.5) is 16.8 Å². The van der Waals surface area contributed by atoms with Gasteiger partial charge < -0.3 is 16.0 Å². The lowest BCUT2D eigenvalue weighted by molar-refractivity contribution is -0.116. The van der Waals surface area contributed by atoms with E-state index in [4.69, 9.17) is 0 Å². The van der Waals surface area contributed by atoms with E-state index in [1.165, 1.54) is 0 Å². The number of benzene rings is 1. The molecule has 0 fully saturated rings. The third kappa shape index (κ3) is 6.08. The number of hydrogen-bond donors (Lipinski definition) is 3. The fraction of sp³-hybridized carbons (Fsp3) is 0.286. The lowest BCUT2D eigenvalue weighted by Crippen LogP contribution is -2.14. The third-order valence-corrected chi connectivity index (χ3v) is 5.20. The maximum Gasteiger partial charge on any atom is 0.267 e. The molecule has 0 aliphatic heterocycles. The number of nitrogens with one attached hydrogen (secondary N) is 3. The number of rotatable bonds is 8. The minimum atomic E-state index is -0.241. The summed E-state index contributed by atoms with van der Waals surface area (Å²) in [6, 6.07) is 11.1.